The van der Waals surface area contributed by atoms with Crippen LogP contribution < -0.4 is 24.3 Å². The third-order valence-corrected chi connectivity index (χ3v) is 11.5. The van der Waals surface area contributed by atoms with Crippen molar-refractivity contribution in [1.82, 2.24) is 14.8 Å². The van der Waals surface area contributed by atoms with E-state index in [0.717, 1.165) is 48.6 Å². The Balaban J connectivity index is 1.06. The van der Waals surface area contributed by atoms with Crippen molar-refractivity contribution in [2.24, 2.45) is 11.8 Å². The van der Waals surface area contributed by atoms with Crippen molar-refractivity contribution in [3.05, 3.63) is 52.0 Å². The van der Waals surface area contributed by atoms with E-state index in [9.17, 15) is 14.7 Å². The monoisotopic (exact) mass is 676 g/mol. The number of nitrogens with one attached hydrogen (secondary N) is 1. The summed E-state index contributed by atoms with van der Waals surface area (Å²) in [7, 11) is 2.95. The minimum absolute atomic E-state index is 0.103. The van der Waals surface area contributed by atoms with E-state index in [0.29, 0.717) is 22.7 Å². The van der Waals surface area contributed by atoms with Crippen molar-refractivity contribution >= 4 is 28.3 Å². The van der Waals surface area contributed by atoms with Gasteiger partial charge in [0.15, 0.2) is 28.1 Å². The van der Waals surface area contributed by atoms with Crippen molar-refractivity contribution in [2.75, 3.05) is 59.1 Å². The number of methoxy groups -OCH3 is 2. The summed E-state index contributed by atoms with van der Waals surface area (Å²) in [5, 5.41) is 16.9. The van der Waals surface area contributed by atoms with Gasteiger partial charge in [-0.25, -0.2) is 4.98 Å². The Morgan fingerprint density at radius 2 is 1.69 bits per heavy atom. The lowest BCUT2D eigenvalue weighted by atomic mass is 9.65. The Morgan fingerprint density at radius 3 is 2.38 bits per heavy atom. The number of aromatic nitrogens is 1. The molecule has 8 rings (SSSR count). The highest BCUT2D eigenvalue weighted by Crippen LogP contribution is 2.56. The van der Waals surface area contributed by atoms with Gasteiger partial charge in [-0.1, -0.05) is 12.8 Å². The number of rotatable bonds is 8. The summed E-state index contributed by atoms with van der Waals surface area (Å²) in [5.41, 5.74) is 3.27. The number of hydrogen-bond donors (Lipinski definition) is 2. The van der Waals surface area contributed by atoms with Crippen LogP contribution in [0.15, 0.2) is 29.6 Å². The van der Waals surface area contributed by atoms with E-state index in [1.807, 2.05) is 22.4 Å². The molecule has 5 aliphatic rings. The van der Waals surface area contributed by atoms with Gasteiger partial charge in [-0.15, -0.1) is 11.3 Å². The molecule has 1 amide bonds. The molecule has 2 aromatic carbocycles. The number of thiazole rings is 1. The van der Waals surface area contributed by atoms with Crippen molar-refractivity contribution in [1.29, 1.82) is 0 Å². The second-order valence-corrected chi connectivity index (χ2v) is 14.1. The van der Waals surface area contributed by atoms with Gasteiger partial charge in [0.25, 0.3) is 0 Å². The lowest BCUT2D eigenvalue weighted by Gasteiger charge is -2.39. The number of carbonyl (C=O) groups excluding carboxylic acids is 2. The second-order valence-electron chi connectivity index (χ2n) is 13.2. The van der Waals surface area contributed by atoms with Gasteiger partial charge in [-0.3, -0.25) is 14.5 Å². The van der Waals surface area contributed by atoms with E-state index in [2.05, 4.69) is 10.2 Å². The molecule has 3 fully saturated rings. The molecular weight excluding hydrogens is 636 g/mol. The molecular formula is C35H40N4O8S. The number of esters is 1. The van der Waals surface area contributed by atoms with Crippen molar-refractivity contribution in [3.63, 3.8) is 0 Å². The smallest absolute Gasteiger partial charge is 0.310 e. The second kappa shape index (κ2) is 12.7. The van der Waals surface area contributed by atoms with Gasteiger partial charge >= 0.3 is 5.97 Å². The van der Waals surface area contributed by atoms with Gasteiger partial charge in [0, 0.05) is 49.4 Å². The van der Waals surface area contributed by atoms with Crippen LogP contribution in [-0.4, -0.2) is 91.6 Å². The van der Waals surface area contributed by atoms with Crippen molar-refractivity contribution in [2.45, 2.75) is 50.1 Å². The Labute approximate surface area is 282 Å². The Hall–Kier alpha value is -4.23. The molecule has 0 radical (unpaired) electrons. The number of phenolic OH excluding ortho intramolecular Hbond substituents is 1. The molecule has 0 unspecified atom stereocenters. The fourth-order valence-corrected chi connectivity index (χ4v) is 9.05. The molecule has 1 saturated carbocycles. The molecule has 12 nitrogen and oxygen atoms in total. The first-order chi connectivity index (χ1) is 23.4. The summed E-state index contributed by atoms with van der Waals surface area (Å²) in [4.78, 5) is 36.1. The zero-order valence-electron chi connectivity index (χ0n) is 27.1. The van der Waals surface area contributed by atoms with Crippen LogP contribution >= 0.6 is 11.3 Å². The SMILES string of the molecule is COc1cc([C@@H]2c3cc4c(cc3[C@@H](Nc3nc(CC(=O)N5CCN(C6CCCC6)CC5)cs3)[C@H]3COC(=O)[C@H]23)OCO4)cc(OC)c1O. The predicted octanol–water partition coefficient (Wildman–Crippen LogP) is 4.31. The van der Waals surface area contributed by atoms with Crippen LogP contribution in [0.3, 0.4) is 0 Å². The van der Waals surface area contributed by atoms with Crippen LogP contribution in [0, 0.1) is 11.8 Å². The van der Waals surface area contributed by atoms with Gasteiger partial charge < -0.3 is 39.0 Å². The molecule has 2 aliphatic carbocycles. The third-order valence-electron chi connectivity index (χ3n) is 10.7. The highest BCUT2D eigenvalue weighted by Gasteiger charge is 2.53. The first-order valence-electron chi connectivity index (χ1n) is 16.7. The highest BCUT2D eigenvalue weighted by atomic mass is 32.1. The van der Waals surface area contributed by atoms with E-state index in [1.165, 1.54) is 51.2 Å². The molecule has 13 heteroatoms. The number of cyclic esters (lactones) is 1. The summed E-state index contributed by atoms with van der Waals surface area (Å²) in [6, 6.07) is 7.74. The fraction of sp³-hybridized carbons (Fsp3) is 0.514. The first-order valence-corrected chi connectivity index (χ1v) is 17.6. The number of nitrogens with zero attached hydrogens (tertiary/aromatic N) is 3. The van der Waals surface area contributed by atoms with Gasteiger partial charge in [-0.05, 0) is 53.8 Å². The van der Waals surface area contributed by atoms with Crippen LogP contribution in [0.5, 0.6) is 28.7 Å². The average Bonchev–Trinajstić information content (AvgIpc) is 3.93. The predicted molar refractivity (Wildman–Crippen MR) is 176 cm³/mol. The number of fused-ring (bicyclic) bond motifs is 3. The lowest BCUT2D eigenvalue weighted by Crippen LogP contribution is -2.51. The summed E-state index contributed by atoms with van der Waals surface area (Å²) < 4.78 is 28.2. The number of benzene rings is 2. The summed E-state index contributed by atoms with van der Waals surface area (Å²) in [6.45, 7) is 3.73. The van der Waals surface area contributed by atoms with E-state index in [1.54, 1.807) is 12.1 Å². The van der Waals surface area contributed by atoms with E-state index in [-0.39, 0.29) is 60.9 Å². The minimum Gasteiger partial charge on any atom is -0.502 e. The quantitative estimate of drug-likeness (QED) is 0.331. The van der Waals surface area contributed by atoms with Gasteiger partial charge in [0.05, 0.1) is 44.9 Å². The number of piperazine rings is 1. The van der Waals surface area contributed by atoms with Gasteiger partial charge in [0.1, 0.15) is 0 Å². The normalized spacial score (nSPS) is 25.0. The zero-order chi connectivity index (χ0) is 32.9. The molecule has 2 saturated heterocycles. The fourth-order valence-electron chi connectivity index (χ4n) is 8.30. The van der Waals surface area contributed by atoms with Crippen molar-refractivity contribution < 1.29 is 38.4 Å². The molecule has 3 aromatic rings. The molecule has 0 spiro atoms. The van der Waals surface area contributed by atoms with Crippen LogP contribution in [0.25, 0.3) is 0 Å². The average molecular weight is 677 g/mol. The minimum atomic E-state index is -0.543. The first kappa shape index (κ1) is 31.1. The topological polar surface area (TPSA) is 132 Å². The number of anilines is 1. The molecule has 4 atom stereocenters. The summed E-state index contributed by atoms with van der Waals surface area (Å²) >= 11 is 1.45. The van der Waals surface area contributed by atoms with Gasteiger partial charge in [-0.2, -0.15) is 0 Å². The van der Waals surface area contributed by atoms with E-state index in [4.69, 9.17) is 28.7 Å². The lowest BCUT2D eigenvalue weighted by molar-refractivity contribution is -0.141. The number of aromatic hydroxyl groups is 1. The Bertz CT molecular complexity index is 1690. The summed E-state index contributed by atoms with van der Waals surface area (Å²) in [5.74, 6) is 0.182. The van der Waals surface area contributed by atoms with E-state index >= 15 is 0 Å². The number of amides is 1. The van der Waals surface area contributed by atoms with Crippen LogP contribution in [0.2, 0.25) is 0 Å². The number of phenols is 1. The summed E-state index contributed by atoms with van der Waals surface area (Å²) in [6.07, 6.45) is 5.44. The maximum atomic E-state index is 13.5. The zero-order valence-corrected chi connectivity index (χ0v) is 27.9. The molecule has 3 aliphatic heterocycles. The Kier molecular flexibility index (Phi) is 8.19. The number of carbonyl (C=O) groups is 2. The van der Waals surface area contributed by atoms with Crippen LogP contribution in [0.1, 0.15) is 60.0 Å². The molecule has 48 heavy (non-hydrogen) atoms. The third kappa shape index (κ3) is 5.46. The maximum absolute atomic E-state index is 13.5. The molecule has 0 bridgehead atoms. The molecule has 254 valence electrons. The highest BCUT2D eigenvalue weighted by molar-refractivity contribution is 7.13. The number of ether oxygens (including phenoxy) is 5. The van der Waals surface area contributed by atoms with Gasteiger partial charge in [0.2, 0.25) is 18.4 Å². The largest absolute Gasteiger partial charge is 0.502 e. The molecule has 4 heterocycles. The van der Waals surface area contributed by atoms with Crippen LogP contribution in [0.4, 0.5) is 5.13 Å². The van der Waals surface area contributed by atoms with Crippen LogP contribution in [-0.2, 0) is 20.7 Å². The Morgan fingerprint density at radius 1 is 1.00 bits per heavy atom. The molecule has 2 N–H and O–H groups in total. The van der Waals surface area contributed by atoms with E-state index < -0.39 is 11.8 Å². The number of hydrogen-bond acceptors (Lipinski definition) is 12. The maximum Gasteiger partial charge on any atom is 0.310 e. The standard InChI is InChI=1S/C35H40N4O8S/c1-43-27-11-19(12-28(44-2)33(27)41)30-22-14-25-26(47-18-46-25)15-23(22)32(24-16-45-34(42)31(24)30)37-35-36-20(17-48-35)13-29(40)39-9-7-38(8-10-39)21-5-3-4-6-21/h11-12,14-15,17,21,24,30-32,41H,3-10,13,16,18H2,1-2H3,(H,36,37)/t24-,30+,31-,32+/m0/s1. The van der Waals surface area contributed by atoms with Crippen molar-refractivity contribution in [3.8, 4) is 28.7 Å². The molecule has 1 aromatic heterocycles.